The van der Waals surface area contributed by atoms with Gasteiger partial charge in [0.15, 0.2) is 11.5 Å². The van der Waals surface area contributed by atoms with Crippen molar-refractivity contribution < 1.29 is 10.2 Å². The van der Waals surface area contributed by atoms with E-state index in [-0.39, 0.29) is 11.5 Å². The maximum atomic E-state index is 9.88. The molecule has 0 unspecified atom stereocenters. The summed E-state index contributed by atoms with van der Waals surface area (Å²) in [5.41, 5.74) is 5.43. The van der Waals surface area contributed by atoms with Crippen LogP contribution in [0.2, 0.25) is 0 Å². The maximum Gasteiger partial charge on any atom is 0.160 e. The van der Waals surface area contributed by atoms with Gasteiger partial charge in [0, 0.05) is 0 Å². The number of phenolic OH excluding ortho intramolecular Hbond substituents is 2. The number of hydrogen-bond donors (Lipinski definition) is 2. The monoisotopic (exact) mass is 270 g/mol. The average molecular weight is 270 g/mol. The van der Waals surface area contributed by atoms with E-state index in [1.807, 2.05) is 13.0 Å². The van der Waals surface area contributed by atoms with Crippen molar-refractivity contribution in [1.29, 1.82) is 0 Å². The predicted octanol–water partition coefficient (Wildman–Crippen LogP) is 4.45. The highest BCUT2D eigenvalue weighted by Gasteiger charge is 2.10. The fourth-order valence-electron chi connectivity index (χ4n) is 2.45. The number of aromatic hydroxyl groups is 2. The summed E-state index contributed by atoms with van der Waals surface area (Å²) in [4.78, 5) is 0. The number of hydrogen-bond acceptors (Lipinski definition) is 2. The van der Waals surface area contributed by atoms with Gasteiger partial charge in [-0.05, 0) is 59.2 Å². The topological polar surface area (TPSA) is 40.5 Å². The summed E-state index contributed by atoms with van der Waals surface area (Å²) in [6, 6.07) is 10.1. The van der Waals surface area contributed by atoms with Crippen molar-refractivity contribution in [2.75, 3.05) is 0 Å². The van der Waals surface area contributed by atoms with E-state index in [2.05, 4.69) is 32.0 Å². The summed E-state index contributed by atoms with van der Waals surface area (Å²) in [7, 11) is 0. The zero-order chi connectivity index (χ0) is 14.7. The van der Waals surface area contributed by atoms with Crippen LogP contribution in [0.1, 0.15) is 37.5 Å². The van der Waals surface area contributed by atoms with Crippen LogP contribution in [0.15, 0.2) is 30.3 Å². The lowest BCUT2D eigenvalue weighted by Crippen LogP contribution is -1.91. The van der Waals surface area contributed by atoms with Crippen molar-refractivity contribution >= 4 is 0 Å². The summed E-state index contributed by atoms with van der Waals surface area (Å²) in [5, 5.41) is 19.7. The number of benzene rings is 2. The largest absolute Gasteiger partial charge is 0.504 e. The van der Waals surface area contributed by atoms with E-state index in [0.717, 1.165) is 29.5 Å². The Kier molecular flexibility index (Phi) is 4.33. The summed E-state index contributed by atoms with van der Waals surface area (Å²) in [6.45, 7) is 6.26. The summed E-state index contributed by atoms with van der Waals surface area (Å²) < 4.78 is 0. The van der Waals surface area contributed by atoms with E-state index in [9.17, 15) is 10.2 Å². The normalized spacial score (nSPS) is 10.8. The molecule has 0 bridgehead atoms. The molecule has 2 aromatic carbocycles. The molecule has 0 heterocycles. The van der Waals surface area contributed by atoms with E-state index >= 15 is 0 Å². The van der Waals surface area contributed by atoms with E-state index in [1.54, 1.807) is 6.07 Å². The highest BCUT2D eigenvalue weighted by atomic mass is 16.3. The molecule has 2 heteroatoms. The number of aryl methyl sites for hydroxylation is 3. The third kappa shape index (κ3) is 2.79. The third-order valence-corrected chi connectivity index (χ3v) is 3.75. The van der Waals surface area contributed by atoms with Gasteiger partial charge in [-0.3, -0.25) is 0 Å². The van der Waals surface area contributed by atoms with Gasteiger partial charge in [-0.1, -0.05) is 39.0 Å². The molecule has 0 amide bonds. The van der Waals surface area contributed by atoms with Crippen molar-refractivity contribution in [2.24, 2.45) is 0 Å². The lowest BCUT2D eigenvalue weighted by atomic mass is 9.95. The average Bonchev–Trinajstić information content (AvgIpc) is 2.49. The minimum Gasteiger partial charge on any atom is -0.504 e. The quantitative estimate of drug-likeness (QED) is 0.806. The SMILES string of the molecule is CCc1cc(CC)cc(-c2cc(O)c(O)c(CC)c2)c1. The van der Waals surface area contributed by atoms with Crippen LogP contribution >= 0.6 is 0 Å². The molecule has 2 nitrogen and oxygen atoms in total. The molecule has 0 radical (unpaired) electrons. The van der Waals surface area contributed by atoms with Crippen LogP contribution in [-0.2, 0) is 19.3 Å². The van der Waals surface area contributed by atoms with Crippen LogP contribution in [0.3, 0.4) is 0 Å². The first-order valence-electron chi connectivity index (χ1n) is 7.27. The molecule has 0 atom stereocenters. The molecule has 2 aromatic rings. The highest BCUT2D eigenvalue weighted by molar-refractivity contribution is 5.70. The van der Waals surface area contributed by atoms with E-state index < -0.39 is 0 Å². The second-order valence-corrected chi connectivity index (χ2v) is 5.10. The van der Waals surface area contributed by atoms with Gasteiger partial charge in [-0.25, -0.2) is 0 Å². The molecule has 0 aromatic heterocycles. The van der Waals surface area contributed by atoms with Gasteiger partial charge in [-0.15, -0.1) is 0 Å². The summed E-state index contributed by atoms with van der Waals surface area (Å²) in [5.74, 6) is -0.0436. The van der Waals surface area contributed by atoms with Crippen molar-refractivity contribution in [3.8, 4) is 22.6 Å². The molecule has 20 heavy (non-hydrogen) atoms. The van der Waals surface area contributed by atoms with Crippen LogP contribution in [0.4, 0.5) is 0 Å². The molecule has 0 fully saturated rings. The Morgan fingerprint density at radius 1 is 0.700 bits per heavy atom. The van der Waals surface area contributed by atoms with Gasteiger partial charge in [0.1, 0.15) is 0 Å². The third-order valence-electron chi connectivity index (χ3n) is 3.75. The Morgan fingerprint density at radius 2 is 1.25 bits per heavy atom. The lowest BCUT2D eigenvalue weighted by molar-refractivity contribution is 0.400. The van der Waals surface area contributed by atoms with Crippen LogP contribution in [-0.4, -0.2) is 10.2 Å². The van der Waals surface area contributed by atoms with E-state index in [4.69, 9.17) is 0 Å². The van der Waals surface area contributed by atoms with Crippen molar-refractivity contribution in [2.45, 2.75) is 40.0 Å². The fraction of sp³-hybridized carbons (Fsp3) is 0.333. The van der Waals surface area contributed by atoms with Gasteiger partial charge < -0.3 is 10.2 Å². The maximum absolute atomic E-state index is 9.88. The first kappa shape index (κ1) is 14.4. The summed E-state index contributed by atoms with van der Waals surface area (Å²) in [6.07, 6.45) is 2.68. The number of phenols is 2. The molecule has 0 saturated carbocycles. The minimum atomic E-state index is -0.0423. The first-order valence-corrected chi connectivity index (χ1v) is 7.27. The van der Waals surface area contributed by atoms with Crippen LogP contribution in [0.25, 0.3) is 11.1 Å². The number of rotatable bonds is 4. The van der Waals surface area contributed by atoms with Crippen molar-refractivity contribution in [3.05, 3.63) is 47.0 Å². The minimum absolute atomic E-state index is 0.00129. The molecule has 0 aliphatic carbocycles. The van der Waals surface area contributed by atoms with Crippen LogP contribution in [0, 0.1) is 0 Å². The zero-order valence-corrected chi connectivity index (χ0v) is 12.4. The van der Waals surface area contributed by atoms with Gasteiger partial charge >= 0.3 is 0 Å². The molecular weight excluding hydrogens is 248 g/mol. The van der Waals surface area contributed by atoms with Crippen molar-refractivity contribution in [1.82, 2.24) is 0 Å². The van der Waals surface area contributed by atoms with Crippen LogP contribution in [0.5, 0.6) is 11.5 Å². The van der Waals surface area contributed by atoms with E-state index in [0.29, 0.717) is 6.42 Å². The second kappa shape index (κ2) is 6.00. The lowest BCUT2D eigenvalue weighted by Gasteiger charge is -2.11. The van der Waals surface area contributed by atoms with Crippen molar-refractivity contribution in [3.63, 3.8) is 0 Å². The molecule has 0 saturated heterocycles. The first-order chi connectivity index (χ1) is 9.58. The molecule has 2 N–H and O–H groups in total. The van der Waals surface area contributed by atoms with Gasteiger partial charge in [-0.2, -0.15) is 0 Å². The van der Waals surface area contributed by atoms with E-state index in [1.165, 1.54) is 11.1 Å². The highest BCUT2D eigenvalue weighted by Crippen LogP contribution is 2.35. The van der Waals surface area contributed by atoms with Gasteiger partial charge in [0.25, 0.3) is 0 Å². The molecule has 0 aliphatic heterocycles. The fourth-order valence-corrected chi connectivity index (χ4v) is 2.45. The predicted molar refractivity (Wildman–Crippen MR) is 83.3 cm³/mol. The smallest absolute Gasteiger partial charge is 0.160 e. The Hall–Kier alpha value is -1.96. The summed E-state index contributed by atoms with van der Waals surface area (Å²) >= 11 is 0. The Bertz CT molecular complexity index is 593. The molecular formula is C18H22O2. The molecule has 2 rings (SSSR count). The Morgan fingerprint density at radius 3 is 1.75 bits per heavy atom. The standard InChI is InChI=1S/C18H22O2/c1-4-12-7-13(5-2)9-15(8-12)16-10-14(6-3)18(20)17(19)11-16/h7-11,19-20H,4-6H2,1-3H3. The van der Waals surface area contributed by atoms with Gasteiger partial charge in [0.2, 0.25) is 0 Å². The molecule has 106 valence electrons. The Labute approximate surface area is 120 Å². The Balaban J connectivity index is 2.58. The van der Waals surface area contributed by atoms with Gasteiger partial charge in [0.05, 0.1) is 0 Å². The molecule has 0 aliphatic rings. The molecule has 0 spiro atoms. The second-order valence-electron chi connectivity index (χ2n) is 5.10. The zero-order valence-electron chi connectivity index (χ0n) is 12.4. The van der Waals surface area contributed by atoms with Crippen LogP contribution < -0.4 is 0 Å².